The zero-order valence-electron chi connectivity index (χ0n) is 12.9. The molecule has 1 aromatic rings. The number of unbranched alkanes of at least 4 members (excludes halogenated alkanes) is 1. The van der Waals surface area contributed by atoms with E-state index in [1.165, 1.54) is 7.11 Å². The summed E-state index contributed by atoms with van der Waals surface area (Å²) in [5.41, 5.74) is 7.50. The van der Waals surface area contributed by atoms with Gasteiger partial charge in [-0.05, 0) is 36.9 Å². The van der Waals surface area contributed by atoms with Crippen LogP contribution in [-0.2, 0) is 27.2 Å². The monoisotopic (exact) mass is 291 g/mol. The summed E-state index contributed by atoms with van der Waals surface area (Å²) in [6, 6.07) is 7.87. The average molecular weight is 291 g/mol. The van der Waals surface area contributed by atoms with E-state index in [0.29, 0.717) is 25.8 Å². The maximum Gasteiger partial charge on any atom is 0.308 e. The van der Waals surface area contributed by atoms with Crippen molar-refractivity contribution in [2.24, 2.45) is 11.7 Å². The van der Waals surface area contributed by atoms with E-state index in [-0.39, 0.29) is 17.7 Å². The number of esters is 1. The van der Waals surface area contributed by atoms with E-state index in [4.69, 9.17) is 10.5 Å². The summed E-state index contributed by atoms with van der Waals surface area (Å²) >= 11 is 0. The number of Topliss-reactive ketones (excluding diaryl/α,β-unsaturated/α-hetero) is 1. The van der Waals surface area contributed by atoms with Crippen molar-refractivity contribution >= 4 is 11.8 Å². The Bertz CT molecular complexity index is 454. The van der Waals surface area contributed by atoms with Crippen LogP contribution in [0.25, 0.3) is 0 Å². The van der Waals surface area contributed by atoms with Gasteiger partial charge in [0.1, 0.15) is 5.78 Å². The smallest absolute Gasteiger partial charge is 0.308 e. The Morgan fingerprint density at radius 1 is 1.14 bits per heavy atom. The maximum absolute atomic E-state index is 11.8. The van der Waals surface area contributed by atoms with Crippen LogP contribution in [0.4, 0.5) is 0 Å². The fourth-order valence-electron chi connectivity index (χ4n) is 2.21. The van der Waals surface area contributed by atoms with Crippen molar-refractivity contribution in [3.8, 4) is 0 Å². The number of benzene rings is 1. The number of ether oxygens (including phenoxy) is 1. The Hall–Kier alpha value is -1.68. The zero-order chi connectivity index (χ0) is 15.7. The fraction of sp³-hybridized carbons (Fsp3) is 0.529. The minimum atomic E-state index is -0.200. The predicted octanol–water partition coefficient (Wildman–Crippen LogP) is 2.28. The van der Waals surface area contributed by atoms with E-state index in [1.54, 1.807) is 0 Å². The highest BCUT2D eigenvalue weighted by Gasteiger charge is 2.13. The summed E-state index contributed by atoms with van der Waals surface area (Å²) in [4.78, 5) is 23.2. The molecule has 0 unspecified atom stereocenters. The van der Waals surface area contributed by atoms with Crippen LogP contribution in [0.3, 0.4) is 0 Å². The van der Waals surface area contributed by atoms with Crippen molar-refractivity contribution in [2.45, 2.75) is 39.0 Å². The van der Waals surface area contributed by atoms with Gasteiger partial charge in [-0.25, -0.2) is 0 Å². The first-order chi connectivity index (χ1) is 10.1. The SMILES string of the molecule is COC(=O)[C@@H](C)Cc1ccc(CC(=O)CCCCN)cc1. The first-order valence-electron chi connectivity index (χ1n) is 7.44. The number of rotatable bonds is 9. The van der Waals surface area contributed by atoms with E-state index >= 15 is 0 Å². The van der Waals surface area contributed by atoms with Gasteiger partial charge >= 0.3 is 5.97 Å². The van der Waals surface area contributed by atoms with E-state index in [1.807, 2.05) is 31.2 Å². The summed E-state index contributed by atoms with van der Waals surface area (Å²) in [5.74, 6) is -0.105. The summed E-state index contributed by atoms with van der Waals surface area (Å²) in [6.45, 7) is 2.49. The van der Waals surface area contributed by atoms with Gasteiger partial charge in [0.15, 0.2) is 0 Å². The van der Waals surface area contributed by atoms with Crippen LogP contribution in [0.15, 0.2) is 24.3 Å². The van der Waals surface area contributed by atoms with E-state index in [0.717, 1.165) is 24.0 Å². The molecule has 0 heterocycles. The lowest BCUT2D eigenvalue weighted by Gasteiger charge is -2.09. The molecule has 0 fully saturated rings. The number of nitrogens with two attached hydrogens (primary N) is 1. The number of carbonyl (C=O) groups excluding carboxylic acids is 2. The molecule has 0 bridgehead atoms. The first-order valence-corrected chi connectivity index (χ1v) is 7.44. The van der Waals surface area contributed by atoms with Crippen molar-refractivity contribution in [3.05, 3.63) is 35.4 Å². The number of methoxy groups -OCH3 is 1. The normalized spacial score (nSPS) is 12.0. The van der Waals surface area contributed by atoms with Gasteiger partial charge in [0.2, 0.25) is 0 Å². The summed E-state index contributed by atoms with van der Waals surface area (Å²) < 4.78 is 4.71. The molecule has 1 atom stereocenters. The largest absolute Gasteiger partial charge is 0.469 e. The van der Waals surface area contributed by atoms with Gasteiger partial charge in [-0.2, -0.15) is 0 Å². The van der Waals surface area contributed by atoms with Gasteiger partial charge in [0, 0.05) is 12.8 Å². The molecule has 0 aliphatic carbocycles. The molecule has 0 saturated carbocycles. The molecule has 4 nitrogen and oxygen atoms in total. The predicted molar refractivity (Wildman–Crippen MR) is 82.9 cm³/mol. The number of hydrogen-bond donors (Lipinski definition) is 1. The highest BCUT2D eigenvalue weighted by Crippen LogP contribution is 2.12. The van der Waals surface area contributed by atoms with Gasteiger partial charge in [0.05, 0.1) is 13.0 Å². The lowest BCUT2D eigenvalue weighted by atomic mass is 9.98. The molecule has 0 spiro atoms. The maximum atomic E-state index is 11.8. The molecule has 21 heavy (non-hydrogen) atoms. The first kappa shape index (κ1) is 17.4. The molecule has 4 heteroatoms. The Morgan fingerprint density at radius 3 is 2.33 bits per heavy atom. The van der Waals surface area contributed by atoms with Gasteiger partial charge in [0.25, 0.3) is 0 Å². The van der Waals surface area contributed by atoms with Gasteiger partial charge < -0.3 is 10.5 Å². The lowest BCUT2D eigenvalue weighted by Crippen LogP contribution is -2.15. The molecule has 116 valence electrons. The van der Waals surface area contributed by atoms with Gasteiger partial charge in [-0.1, -0.05) is 31.2 Å². The van der Waals surface area contributed by atoms with Crippen LogP contribution in [0.1, 0.15) is 37.3 Å². The van der Waals surface area contributed by atoms with Crippen molar-refractivity contribution in [2.75, 3.05) is 13.7 Å². The second-order valence-electron chi connectivity index (χ2n) is 5.41. The molecule has 0 saturated heterocycles. The highest BCUT2D eigenvalue weighted by atomic mass is 16.5. The summed E-state index contributed by atoms with van der Waals surface area (Å²) in [5, 5.41) is 0. The van der Waals surface area contributed by atoms with E-state index in [9.17, 15) is 9.59 Å². The van der Waals surface area contributed by atoms with Gasteiger partial charge in [-0.3, -0.25) is 9.59 Å². The average Bonchev–Trinajstić information content (AvgIpc) is 2.48. The Labute approximate surface area is 126 Å². The third-order valence-corrected chi connectivity index (χ3v) is 3.48. The summed E-state index contributed by atoms with van der Waals surface area (Å²) in [6.07, 6.45) is 3.48. The molecule has 0 aliphatic heterocycles. The second kappa shape index (κ2) is 9.29. The fourth-order valence-corrected chi connectivity index (χ4v) is 2.21. The molecule has 1 aromatic carbocycles. The molecular formula is C17H25NO3. The third-order valence-electron chi connectivity index (χ3n) is 3.48. The Balaban J connectivity index is 2.46. The minimum absolute atomic E-state index is 0.154. The Kier molecular flexibility index (Phi) is 7.69. The highest BCUT2D eigenvalue weighted by molar-refractivity contribution is 5.80. The molecule has 0 aliphatic rings. The molecule has 0 aromatic heterocycles. The molecule has 0 radical (unpaired) electrons. The molecule has 1 rings (SSSR count). The topological polar surface area (TPSA) is 69.4 Å². The standard InChI is InChI=1S/C17H25NO3/c1-13(17(20)21-2)11-14-6-8-15(9-7-14)12-16(19)5-3-4-10-18/h6-9,13H,3-5,10-12,18H2,1-2H3/t13-/m0/s1. The quantitative estimate of drug-likeness (QED) is 0.560. The van der Waals surface area contributed by atoms with E-state index in [2.05, 4.69) is 0 Å². The second-order valence-corrected chi connectivity index (χ2v) is 5.41. The Morgan fingerprint density at radius 2 is 1.76 bits per heavy atom. The van der Waals surface area contributed by atoms with Crippen LogP contribution < -0.4 is 5.73 Å². The van der Waals surface area contributed by atoms with E-state index < -0.39 is 0 Å². The van der Waals surface area contributed by atoms with Crippen molar-refractivity contribution in [3.63, 3.8) is 0 Å². The van der Waals surface area contributed by atoms with Crippen LogP contribution in [-0.4, -0.2) is 25.4 Å². The lowest BCUT2D eigenvalue weighted by molar-refractivity contribution is -0.144. The summed E-state index contributed by atoms with van der Waals surface area (Å²) in [7, 11) is 1.40. The van der Waals surface area contributed by atoms with Crippen LogP contribution in [0.5, 0.6) is 0 Å². The van der Waals surface area contributed by atoms with Crippen molar-refractivity contribution < 1.29 is 14.3 Å². The number of hydrogen-bond acceptors (Lipinski definition) is 4. The number of carbonyl (C=O) groups is 2. The zero-order valence-corrected chi connectivity index (χ0v) is 12.9. The molecule has 0 amide bonds. The molecular weight excluding hydrogens is 266 g/mol. The van der Waals surface area contributed by atoms with Crippen molar-refractivity contribution in [1.82, 2.24) is 0 Å². The number of ketones is 1. The van der Waals surface area contributed by atoms with Crippen LogP contribution in [0, 0.1) is 5.92 Å². The third kappa shape index (κ3) is 6.54. The van der Waals surface area contributed by atoms with Crippen molar-refractivity contribution in [1.29, 1.82) is 0 Å². The van der Waals surface area contributed by atoms with Crippen LogP contribution >= 0.6 is 0 Å². The van der Waals surface area contributed by atoms with Crippen LogP contribution in [0.2, 0.25) is 0 Å². The van der Waals surface area contributed by atoms with Gasteiger partial charge in [-0.15, -0.1) is 0 Å². The minimum Gasteiger partial charge on any atom is -0.469 e. The molecule has 2 N–H and O–H groups in total.